The molecule has 0 saturated carbocycles. The number of hydrogen-bond acceptors (Lipinski definition) is 5. The summed E-state index contributed by atoms with van der Waals surface area (Å²) in [5.74, 6) is 3.41. The zero-order chi connectivity index (χ0) is 30.8. The van der Waals surface area contributed by atoms with E-state index in [1.165, 1.54) is 0 Å². The Morgan fingerprint density at radius 2 is 1.24 bits per heavy atom. The van der Waals surface area contributed by atoms with Gasteiger partial charge < -0.3 is 23.1 Å². The van der Waals surface area contributed by atoms with Crippen LogP contribution in [0.4, 0.5) is 0 Å². The van der Waals surface area contributed by atoms with Gasteiger partial charge in [0.1, 0.15) is 18.1 Å². The lowest BCUT2D eigenvalue weighted by Crippen LogP contribution is -2.44. The summed E-state index contributed by atoms with van der Waals surface area (Å²) in [5, 5.41) is -0.00853. The van der Waals surface area contributed by atoms with Gasteiger partial charge in [0.05, 0.1) is 24.3 Å². The van der Waals surface area contributed by atoms with E-state index in [0.717, 1.165) is 21.2 Å². The molecule has 0 fully saturated rings. The van der Waals surface area contributed by atoms with Crippen LogP contribution in [0, 0.1) is 0 Å². The van der Waals surface area contributed by atoms with Gasteiger partial charge >= 0.3 is 0 Å². The van der Waals surface area contributed by atoms with Gasteiger partial charge in [-0.1, -0.05) is 77.9 Å². The van der Waals surface area contributed by atoms with Crippen molar-refractivity contribution in [1.29, 1.82) is 0 Å². The number of ether oxygens (including phenoxy) is 3. The summed E-state index contributed by atoms with van der Waals surface area (Å²) in [6, 6.07) is 18.2. The van der Waals surface area contributed by atoms with Crippen molar-refractivity contribution in [2.24, 2.45) is 0 Å². The maximum absolute atomic E-state index is 6.97. The van der Waals surface area contributed by atoms with Crippen LogP contribution in [0.15, 0.2) is 59.1 Å². The molecule has 3 aromatic carbocycles. The van der Waals surface area contributed by atoms with Crippen LogP contribution < -0.4 is 23.1 Å². The van der Waals surface area contributed by atoms with E-state index in [2.05, 4.69) is 102 Å². The standard InChI is InChI=1S/C33H47BrO5Si2/c1-32(2,3)40(9,10)38-27-20-24(18-19-26(27)37-22-23-16-14-13-15-17-23)29-28(35-7)21-25(34)30(36-8)31(29)39-41(11,12)33(4,5)6/h13-21H,22H2,1-12H3. The molecule has 0 aliphatic heterocycles. The highest BCUT2D eigenvalue weighted by atomic mass is 79.9. The van der Waals surface area contributed by atoms with Crippen molar-refractivity contribution >= 4 is 32.6 Å². The van der Waals surface area contributed by atoms with E-state index < -0.39 is 16.6 Å². The average molecular weight is 660 g/mol. The molecule has 0 atom stereocenters. The van der Waals surface area contributed by atoms with Gasteiger partial charge in [0.2, 0.25) is 0 Å². The van der Waals surface area contributed by atoms with Crippen molar-refractivity contribution in [1.82, 2.24) is 0 Å². The summed E-state index contributed by atoms with van der Waals surface area (Å²) < 4.78 is 32.8. The Labute approximate surface area is 257 Å². The van der Waals surface area contributed by atoms with Crippen LogP contribution in [0.5, 0.6) is 28.7 Å². The topological polar surface area (TPSA) is 46.2 Å². The number of rotatable bonds is 10. The van der Waals surface area contributed by atoms with E-state index >= 15 is 0 Å². The molecule has 3 rings (SSSR count). The van der Waals surface area contributed by atoms with Crippen LogP contribution in [0.3, 0.4) is 0 Å². The van der Waals surface area contributed by atoms with Crippen LogP contribution in [-0.4, -0.2) is 30.9 Å². The average Bonchev–Trinajstić information content (AvgIpc) is 2.86. The van der Waals surface area contributed by atoms with E-state index in [0.29, 0.717) is 35.4 Å². The second-order valence-electron chi connectivity index (χ2n) is 13.5. The van der Waals surface area contributed by atoms with E-state index in [9.17, 15) is 0 Å². The fourth-order valence-corrected chi connectivity index (χ4v) is 6.32. The Kier molecular flexibility index (Phi) is 10.0. The monoisotopic (exact) mass is 658 g/mol. The van der Waals surface area contributed by atoms with Crippen LogP contribution in [0.25, 0.3) is 11.1 Å². The Morgan fingerprint density at radius 3 is 1.78 bits per heavy atom. The van der Waals surface area contributed by atoms with Crippen molar-refractivity contribution in [3.63, 3.8) is 0 Å². The minimum atomic E-state index is -2.26. The second kappa shape index (κ2) is 12.4. The number of methoxy groups -OCH3 is 2. The quantitative estimate of drug-likeness (QED) is 0.203. The summed E-state index contributed by atoms with van der Waals surface area (Å²) in [6.07, 6.45) is 0. The van der Waals surface area contributed by atoms with Crippen molar-refractivity contribution < 1.29 is 23.1 Å². The van der Waals surface area contributed by atoms with E-state index in [1.807, 2.05) is 36.4 Å². The number of halogens is 1. The van der Waals surface area contributed by atoms with Crippen LogP contribution >= 0.6 is 15.9 Å². The fourth-order valence-electron chi connectivity index (χ4n) is 3.74. The lowest BCUT2D eigenvalue weighted by molar-refractivity contribution is 0.294. The fraction of sp³-hybridized carbons (Fsp3) is 0.455. The van der Waals surface area contributed by atoms with Gasteiger partial charge in [-0.05, 0) is 81.5 Å². The lowest BCUT2D eigenvalue weighted by atomic mass is 10.0. The normalized spacial score (nSPS) is 12.6. The van der Waals surface area contributed by atoms with Gasteiger partial charge in [-0.3, -0.25) is 0 Å². The molecule has 0 spiro atoms. The molecule has 0 radical (unpaired) electrons. The molecule has 0 bridgehead atoms. The zero-order valence-electron chi connectivity index (χ0n) is 26.8. The van der Waals surface area contributed by atoms with Gasteiger partial charge in [0.25, 0.3) is 16.6 Å². The van der Waals surface area contributed by atoms with E-state index in [4.69, 9.17) is 23.1 Å². The van der Waals surface area contributed by atoms with Crippen molar-refractivity contribution in [3.05, 3.63) is 64.6 Å². The molecule has 0 N–H and O–H groups in total. The third kappa shape index (κ3) is 7.51. The number of benzene rings is 3. The largest absolute Gasteiger partial charge is 0.541 e. The molecular formula is C33H47BrO5Si2. The Bertz CT molecular complexity index is 1340. The third-order valence-corrected chi connectivity index (χ3v) is 17.6. The first-order valence-electron chi connectivity index (χ1n) is 14.1. The van der Waals surface area contributed by atoms with E-state index in [1.54, 1.807) is 14.2 Å². The van der Waals surface area contributed by atoms with Gasteiger partial charge in [-0.25, -0.2) is 0 Å². The summed E-state index contributed by atoms with van der Waals surface area (Å²) in [7, 11) is -1.12. The molecule has 5 nitrogen and oxygen atoms in total. The van der Waals surface area contributed by atoms with Crippen molar-refractivity contribution in [2.45, 2.75) is 84.4 Å². The molecule has 0 aliphatic rings. The Balaban J connectivity index is 2.24. The minimum Gasteiger partial charge on any atom is -0.541 e. The van der Waals surface area contributed by atoms with Gasteiger partial charge in [0, 0.05) is 0 Å². The molecule has 0 aromatic heterocycles. The predicted molar refractivity (Wildman–Crippen MR) is 179 cm³/mol. The summed E-state index contributed by atoms with van der Waals surface area (Å²) in [4.78, 5) is 0. The van der Waals surface area contributed by atoms with Crippen molar-refractivity contribution in [2.75, 3.05) is 14.2 Å². The minimum absolute atomic E-state index is 0.00876. The molecule has 0 aliphatic carbocycles. The molecule has 8 heteroatoms. The van der Waals surface area contributed by atoms with Crippen LogP contribution in [-0.2, 0) is 6.61 Å². The maximum Gasteiger partial charge on any atom is 0.250 e. The van der Waals surface area contributed by atoms with Crippen molar-refractivity contribution in [3.8, 4) is 39.9 Å². The first kappa shape index (κ1) is 33.1. The molecule has 3 aromatic rings. The summed E-state index contributed by atoms with van der Waals surface area (Å²) in [5.41, 5.74) is 2.83. The first-order chi connectivity index (χ1) is 18.9. The highest BCUT2D eigenvalue weighted by molar-refractivity contribution is 9.10. The molecular weight excluding hydrogens is 612 g/mol. The zero-order valence-corrected chi connectivity index (χ0v) is 30.4. The van der Waals surface area contributed by atoms with E-state index in [-0.39, 0.29) is 10.1 Å². The Hall–Kier alpha value is -2.43. The molecule has 0 amide bonds. The number of hydrogen-bond donors (Lipinski definition) is 0. The molecule has 0 heterocycles. The van der Waals surface area contributed by atoms with Crippen LogP contribution in [0.1, 0.15) is 47.1 Å². The summed E-state index contributed by atoms with van der Waals surface area (Å²) >= 11 is 3.69. The molecule has 0 saturated heterocycles. The van der Waals surface area contributed by atoms with Gasteiger partial charge in [-0.15, -0.1) is 0 Å². The highest BCUT2D eigenvalue weighted by Crippen LogP contribution is 2.53. The van der Waals surface area contributed by atoms with Gasteiger partial charge in [-0.2, -0.15) is 0 Å². The molecule has 41 heavy (non-hydrogen) atoms. The maximum atomic E-state index is 6.97. The predicted octanol–water partition coefficient (Wildman–Crippen LogP) is 10.5. The Morgan fingerprint density at radius 1 is 0.659 bits per heavy atom. The molecule has 224 valence electrons. The first-order valence-corrected chi connectivity index (χ1v) is 20.7. The second-order valence-corrected chi connectivity index (χ2v) is 23.8. The van der Waals surface area contributed by atoms with Crippen LogP contribution in [0.2, 0.25) is 36.3 Å². The lowest BCUT2D eigenvalue weighted by Gasteiger charge is -2.38. The highest BCUT2D eigenvalue weighted by Gasteiger charge is 2.42. The van der Waals surface area contributed by atoms with Gasteiger partial charge in [0.15, 0.2) is 17.2 Å². The third-order valence-electron chi connectivity index (χ3n) is 8.38. The SMILES string of the molecule is COc1cc(Br)c(OC)c(O[Si](C)(C)C(C)(C)C)c1-c1ccc(OCc2ccccc2)c(O[Si](C)(C)C(C)(C)C)c1. The molecule has 0 unspecified atom stereocenters. The summed E-state index contributed by atoms with van der Waals surface area (Å²) in [6.45, 7) is 22.8. The smallest absolute Gasteiger partial charge is 0.250 e.